The van der Waals surface area contributed by atoms with Crippen molar-refractivity contribution in [1.29, 1.82) is 5.53 Å². The number of nitrogens with one attached hydrogen (secondary N) is 1. The van der Waals surface area contributed by atoms with Gasteiger partial charge in [0.05, 0.1) is 6.20 Å². The van der Waals surface area contributed by atoms with Crippen LogP contribution in [0.5, 0.6) is 0 Å². The molecule has 0 bridgehead atoms. The van der Waals surface area contributed by atoms with E-state index in [0.29, 0.717) is 0 Å². The summed E-state index contributed by atoms with van der Waals surface area (Å²) < 4.78 is 0. The molecular formula is C5H11N3. The van der Waals surface area contributed by atoms with Crippen LogP contribution in [0.15, 0.2) is 17.5 Å². The largest absolute Gasteiger partial charge is 0.379 e. The number of hydrogen-bond acceptors (Lipinski definition) is 3. The Morgan fingerprint density at radius 1 is 1.75 bits per heavy atom. The first-order valence-corrected chi connectivity index (χ1v) is 2.54. The molecule has 0 saturated heterocycles. The third-order valence-corrected chi connectivity index (χ3v) is 0.894. The lowest BCUT2D eigenvalue weighted by Crippen LogP contribution is -2.07. The van der Waals surface area contributed by atoms with Crippen molar-refractivity contribution in [2.45, 2.75) is 6.92 Å². The topological polar surface area (TPSA) is 39.5 Å². The zero-order valence-electron chi connectivity index (χ0n) is 5.26. The zero-order chi connectivity index (χ0) is 6.41. The Bertz CT molecular complexity index is 87.7. The van der Waals surface area contributed by atoms with Crippen molar-refractivity contribution in [1.82, 2.24) is 4.90 Å². The van der Waals surface area contributed by atoms with Crippen LogP contribution >= 0.6 is 0 Å². The standard InChI is InChI=1S/C5H11N3/c1-3-8(2)5-4-7-6/h4-6H,3H2,1-2H3/b5-4-,7-6?. The van der Waals surface area contributed by atoms with Crippen molar-refractivity contribution in [3.05, 3.63) is 12.4 Å². The maximum absolute atomic E-state index is 6.38. The van der Waals surface area contributed by atoms with E-state index in [4.69, 9.17) is 5.53 Å². The van der Waals surface area contributed by atoms with E-state index in [9.17, 15) is 0 Å². The highest BCUT2D eigenvalue weighted by Crippen LogP contribution is 1.81. The summed E-state index contributed by atoms with van der Waals surface area (Å²) in [5.74, 6) is 0. The fraction of sp³-hybridized carbons (Fsp3) is 0.600. The molecule has 1 N–H and O–H groups in total. The lowest BCUT2D eigenvalue weighted by Gasteiger charge is -2.06. The molecule has 3 heteroatoms. The molecule has 0 aromatic rings. The summed E-state index contributed by atoms with van der Waals surface area (Å²) in [6, 6.07) is 0. The second-order valence-corrected chi connectivity index (χ2v) is 1.50. The number of rotatable bonds is 3. The van der Waals surface area contributed by atoms with Gasteiger partial charge in [0.1, 0.15) is 0 Å². The van der Waals surface area contributed by atoms with Gasteiger partial charge in [0, 0.05) is 19.8 Å². The van der Waals surface area contributed by atoms with Crippen LogP contribution in [0.25, 0.3) is 0 Å². The molecule has 8 heavy (non-hydrogen) atoms. The summed E-state index contributed by atoms with van der Waals surface area (Å²) in [6.07, 6.45) is 3.20. The Hall–Kier alpha value is -0.860. The average molecular weight is 113 g/mol. The summed E-state index contributed by atoms with van der Waals surface area (Å²) >= 11 is 0. The van der Waals surface area contributed by atoms with Crippen molar-refractivity contribution < 1.29 is 0 Å². The highest BCUT2D eigenvalue weighted by atomic mass is 15.1. The molecule has 0 unspecified atom stereocenters. The molecule has 0 heterocycles. The molecule has 0 aromatic heterocycles. The third-order valence-electron chi connectivity index (χ3n) is 0.894. The van der Waals surface area contributed by atoms with Crippen LogP contribution in [-0.2, 0) is 0 Å². The van der Waals surface area contributed by atoms with Gasteiger partial charge in [0.25, 0.3) is 0 Å². The van der Waals surface area contributed by atoms with E-state index in [1.54, 1.807) is 6.20 Å². The summed E-state index contributed by atoms with van der Waals surface area (Å²) in [4.78, 5) is 1.94. The second kappa shape index (κ2) is 4.30. The summed E-state index contributed by atoms with van der Waals surface area (Å²) in [5.41, 5.74) is 6.38. The van der Waals surface area contributed by atoms with Gasteiger partial charge >= 0.3 is 0 Å². The molecule has 0 amide bonds. The molecule has 0 aliphatic carbocycles. The number of hydrogen-bond donors (Lipinski definition) is 1. The molecule has 0 aromatic carbocycles. The summed E-state index contributed by atoms with van der Waals surface area (Å²) in [5, 5.41) is 3.05. The molecule has 0 aliphatic heterocycles. The Morgan fingerprint density at radius 2 is 2.38 bits per heavy atom. The quantitative estimate of drug-likeness (QED) is 0.552. The first kappa shape index (κ1) is 7.14. The number of nitrogens with zero attached hydrogens (tertiary/aromatic N) is 2. The zero-order valence-corrected chi connectivity index (χ0v) is 5.26. The van der Waals surface area contributed by atoms with E-state index in [-0.39, 0.29) is 0 Å². The molecule has 0 saturated carbocycles. The van der Waals surface area contributed by atoms with E-state index < -0.39 is 0 Å². The minimum atomic E-state index is 0.950. The molecule has 46 valence electrons. The van der Waals surface area contributed by atoms with Gasteiger partial charge in [0.15, 0.2) is 0 Å². The predicted octanol–water partition coefficient (Wildman–Crippen LogP) is 1.44. The van der Waals surface area contributed by atoms with Crippen molar-refractivity contribution in [2.24, 2.45) is 5.11 Å². The lowest BCUT2D eigenvalue weighted by atomic mass is 10.6. The van der Waals surface area contributed by atoms with Crippen molar-refractivity contribution in [3.63, 3.8) is 0 Å². The van der Waals surface area contributed by atoms with Gasteiger partial charge in [-0.25, -0.2) is 5.53 Å². The monoisotopic (exact) mass is 113 g/mol. The summed E-state index contributed by atoms with van der Waals surface area (Å²) in [6.45, 7) is 2.99. The van der Waals surface area contributed by atoms with Gasteiger partial charge in [-0.05, 0) is 6.92 Å². The summed E-state index contributed by atoms with van der Waals surface area (Å²) in [7, 11) is 1.93. The maximum Gasteiger partial charge on any atom is 0.0647 e. The van der Waals surface area contributed by atoms with Gasteiger partial charge in [-0.3, -0.25) is 0 Å². The molecular weight excluding hydrogens is 102 g/mol. The molecule has 0 radical (unpaired) electrons. The normalized spacial score (nSPS) is 9.75. The second-order valence-electron chi connectivity index (χ2n) is 1.50. The van der Waals surface area contributed by atoms with Gasteiger partial charge in [-0.2, -0.15) is 5.11 Å². The minimum Gasteiger partial charge on any atom is -0.379 e. The smallest absolute Gasteiger partial charge is 0.0647 e. The molecule has 0 rings (SSSR count). The van der Waals surface area contributed by atoms with Crippen molar-refractivity contribution in [3.8, 4) is 0 Å². The fourth-order valence-corrected chi connectivity index (χ4v) is 0.253. The van der Waals surface area contributed by atoms with Crippen LogP contribution in [-0.4, -0.2) is 18.5 Å². The van der Waals surface area contributed by atoms with Gasteiger partial charge in [-0.1, -0.05) is 0 Å². The lowest BCUT2D eigenvalue weighted by molar-refractivity contribution is 0.482. The highest BCUT2D eigenvalue weighted by Gasteiger charge is 1.78. The Kier molecular flexibility index (Phi) is 3.84. The van der Waals surface area contributed by atoms with Gasteiger partial charge in [0.2, 0.25) is 0 Å². The van der Waals surface area contributed by atoms with Crippen molar-refractivity contribution in [2.75, 3.05) is 13.6 Å². The van der Waals surface area contributed by atoms with E-state index in [1.807, 2.05) is 18.9 Å². The third kappa shape index (κ3) is 3.33. The van der Waals surface area contributed by atoms with Crippen molar-refractivity contribution >= 4 is 0 Å². The van der Waals surface area contributed by atoms with Crippen LogP contribution in [0.3, 0.4) is 0 Å². The Morgan fingerprint density at radius 3 is 2.75 bits per heavy atom. The van der Waals surface area contributed by atoms with Crippen LogP contribution in [0.4, 0.5) is 0 Å². The van der Waals surface area contributed by atoms with E-state index >= 15 is 0 Å². The van der Waals surface area contributed by atoms with E-state index in [0.717, 1.165) is 6.54 Å². The highest BCUT2D eigenvalue weighted by molar-refractivity contribution is 4.74. The molecule has 0 fully saturated rings. The Balaban J connectivity index is 3.35. The van der Waals surface area contributed by atoms with E-state index in [2.05, 4.69) is 5.11 Å². The fourth-order valence-electron chi connectivity index (χ4n) is 0.253. The molecule has 3 nitrogen and oxygen atoms in total. The van der Waals surface area contributed by atoms with Gasteiger partial charge in [-0.15, -0.1) is 0 Å². The van der Waals surface area contributed by atoms with E-state index in [1.165, 1.54) is 6.20 Å². The predicted molar refractivity (Wildman–Crippen MR) is 32.6 cm³/mol. The Labute approximate surface area is 49.5 Å². The van der Waals surface area contributed by atoms with Gasteiger partial charge < -0.3 is 4.90 Å². The SMILES string of the molecule is CCN(C)/C=C\N=N. The van der Waals surface area contributed by atoms with Crippen LogP contribution < -0.4 is 0 Å². The van der Waals surface area contributed by atoms with Crippen LogP contribution in [0.2, 0.25) is 0 Å². The molecule has 0 spiro atoms. The van der Waals surface area contributed by atoms with Crippen LogP contribution in [0, 0.1) is 5.53 Å². The average Bonchev–Trinajstić information content (AvgIpc) is 1.83. The molecule has 0 aliphatic rings. The maximum atomic E-state index is 6.38. The first-order valence-electron chi connectivity index (χ1n) is 2.54. The van der Waals surface area contributed by atoms with Crippen LogP contribution in [0.1, 0.15) is 6.92 Å². The molecule has 0 atom stereocenters. The first-order chi connectivity index (χ1) is 3.81. The minimum absolute atomic E-state index is 0.950.